The monoisotopic (exact) mass is 540 g/mol. The molecule has 1 amide bonds. The van der Waals surface area contributed by atoms with E-state index in [0.717, 1.165) is 38.5 Å². The Hall–Kier alpha value is -1.92. The summed E-state index contributed by atoms with van der Waals surface area (Å²) >= 11 is 0. The molecule has 0 aromatic carbocycles. The van der Waals surface area contributed by atoms with Crippen LogP contribution < -0.4 is 5.32 Å². The lowest BCUT2D eigenvalue weighted by atomic mass is 9.51. The number of allylic oxidation sites excluding steroid dienone is 5. The second kappa shape index (κ2) is 10.8. The Morgan fingerprint density at radius 1 is 1.15 bits per heavy atom. The Balaban J connectivity index is 1.68. The largest absolute Gasteiger partial charge is 0.462 e. The smallest absolute Gasteiger partial charge is 0.302 e. The Kier molecular flexibility index (Phi) is 8.33. The minimum Gasteiger partial charge on any atom is -0.462 e. The maximum atomic E-state index is 12.8. The number of ether oxygens (including phenoxy) is 1. The first-order valence-electron chi connectivity index (χ1n) is 15.0. The van der Waals surface area contributed by atoms with E-state index in [1.165, 1.54) is 18.1 Å². The number of aliphatic hydroxyl groups excluding tert-OH is 1. The number of nitrogens with one attached hydrogen (secondary N) is 1. The van der Waals surface area contributed by atoms with Crippen molar-refractivity contribution in [1.82, 2.24) is 10.2 Å². The minimum atomic E-state index is -0.413. The van der Waals surface area contributed by atoms with Gasteiger partial charge in [0.15, 0.2) is 0 Å². The van der Waals surface area contributed by atoms with Gasteiger partial charge in [-0.25, -0.2) is 0 Å². The highest BCUT2D eigenvalue weighted by molar-refractivity contribution is 5.92. The van der Waals surface area contributed by atoms with Crippen molar-refractivity contribution >= 4 is 11.9 Å². The summed E-state index contributed by atoms with van der Waals surface area (Å²) < 4.78 is 6.07. The number of carbonyl (C=O) groups excluding carboxylic acids is 2. The predicted octanol–water partition coefficient (Wildman–Crippen LogP) is 5.43. The number of nitrogens with zero attached hydrogens (tertiary/aromatic N) is 1. The highest BCUT2D eigenvalue weighted by atomic mass is 16.5. The summed E-state index contributed by atoms with van der Waals surface area (Å²) in [6.07, 6.45) is 12.3. The highest BCUT2D eigenvalue weighted by Crippen LogP contribution is 2.68. The first-order valence-corrected chi connectivity index (χ1v) is 15.0. The van der Waals surface area contributed by atoms with E-state index >= 15 is 0 Å². The molecule has 6 heteroatoms. The summed E-state index contributed by atoms with van der Waals surface area (Å²) in [5.41, 5.74) is 3.14. The van der Waals surface area contributed by atoms with Crippen LogP contribution in [0.2, 0.25) is 0 Å². The Labute approximate surface area is 236 Å². The van der Waals surface area contributed by atoms with Crippen molar-refractivity contribution < 1.29 is 19.4 Å². The van der Waals surface area contributed by atoms with Crippen molar-refractivity contribution in [2.24, 2.45) is 34.0 Å². The number of rotatable bonds is 6. The molecule has 4 aliphatic carbocycles. The van der Waals surface area contributed by atoms with E-state index in [1.807, 2.05) is 19.9 Å². The molecule has 2 fully saturated rings. The zero-order valence-electron chi connectivity index (χ0n) is 25.8. The van der Waals surface area contributed by atoms with Gasteiger partial charge in [0.25, 0.3) is 0 Å². The SMILES string of the molecule is CC=C(C)C(=O)NC1CCC2=CC3=CCC4(C)C(C(C)N(C)C)C(OC(C)=O)CC4(C)C3CCC2C1(C)CO. The zero-order valence-corrected chi connectivity index (χ0v) is 25.8. The fourth-order valence-electron chi connectivity index (χ4n) is 9.03. The van der Waals surface area contributed by atoms with Crippen molar-refractivity contribution in [1.29, 1.82) is 0 Å². The van der Waals surface area contributed by atoms with Crippen molar-refractivity contribution in [3.05, 3.63) is 34.9 Å². The summed E-state index contributed by atoms with van der Waals surface area (Å²) in [6.45, 7) is 14.6. The van der Waals surface area contributed by atoms with Crippen molar-refractivity contribution in [3.8, 4) is 0 Å². The highest BCUT2D eigenvalue weighted by Gasteiger charge is 2.65. The molecule has 0 aromatic rings. The number of hydrogen-bond donors (Lipinski definition) is 2. The number of fused-ring (bicyclic) bond motifs is 4. The minimum absolute atomic E-state index is 0.000203. The molecule has 218 valence electrons. The third kappa shape index (κ3) is 4.84. The van der Waals surface area contributed by atoms with E-state index in [9.17, 15) is 14.7 Å². The number of hydrogen-bond acceptors (Lipinski definition) is 5. The van der Waals surface area contributed by atoms with Gasteiger partial charge in [-0.3, -0.25) is 9.59 Å². The van der Waals surface area contributed by atoms with Gasteiger partial charge in [-0.1, -0.05) is 44.6 Å². The van der Waals surface area contributed by atoms with Crippen LogP contribution in [0.5, 0.6) is 0 Å². The summed E-state index contributed by atoms with van der Waals surface area (Å²) in [5.74, 6) is 0.605. The van der Waals surface area contributed by atoms with Crippen molar-refractivity contribution in [2.75, 3.05) is 20.7 Å². The third-order valence-electron chi connectivity index (χ3n) is 11.9. The Morgan fingerprint density at radius 3 is 2.41 bits per heavy atom. The fourth-order valence-corrected chi connectivity index (χ4v) is 9.03. The molecule has 9 atom stereocenters. The van der Waals surface area contributed by atoms with Gasteiger partial charge >= 0.3 is 5.97 Å². The van der Waals surface area contributed by atoms with Crippen LogP contribution in [0.15, 0.2) is 34.9 Å². The van der Waals surface area contributed by atoms with E-state index in [0.29, 0.717) is 11.5 Å². The number of aliphatic hydroxyl groups is 1. The molecule has 39 heavy (non-hydrogen) atoms. The topological polar surface area (TPSA) is 78.9 Å². The normalized spacial score (nSPS) is 40.9. The van der Waals surface area contributed by atoms with E-state index in [1.54, 1.807) is 0 Å². The van der Waals surface area contributed by atoms with Crippen LogP contribution in [-0.2, 0) is 14.3 Å². The molecule has 0 saturated heterocycles. The van der Waals surface area contributed by atoms with E-state index in [-0.39, 0.29) is 59.3 Å². The predicted molar refractivity (Wildman–Crippen MR) is 156 cm³/mol. The van der Waals surface area contributed by atoms with Crippen LogP contribution in [0.3, 0.4) is 0 Å². The zero-order chi connectivity index (χ0) is 28.9. The number of amides is 1. The summed E-state index contributed by atoms with van der Waals surface area (Å²) in [4.78, 5) is 27.3. The van der Waals surface area contributed by atoms with Gasteiger partial charge in [-0.05, 0) is 102 Å². The molecule has 0 aliphatic heterocycles. The Morgan fingerprint density at radius 2 is 1.82 bits per heavy atom. The lowest BCUT2D eigenvalue weighted by Gasteiger charge is -2.53. The molecule has 6 nitrogen and oxygen atoms in total. The molecule has 0 aromatic heterocycles. The Bertz CT molecular complexity index is 1080. The average molecular weight is 541 g/mol. The van der Waals surface area contributed by atoms with Crippen molar-refractivity contribution in [3.63, 3.8) is 0 Å². The molecular formula is C33H52N2O4. The van der Waals surface area contributed by atoms with Crippen LogP contribution in [-0.4, -0.2) is 60.8 Å². The van der Waals surface area contributed by atoms with Crippen molar-refractivity contribution in [2.45, 2.75) is 105 Å². The van der Waals surface area contributed by atoms with Gasteiger partial charge in [0, 0.05) is 35.9 Å². The molecular weight excluding hydrogens is 488 g/mol. The number of esters is 1. The third-order valence-corrected chi connectivity index (χ3v) is 11.9. The molecule has 0 heterocycles. The lowest BCUT2D eigenvalue weighted by molar-refractivity contribution is -0.150. The fraction of sp³-hybridized carbons (Fsp3) is 0.758. The molecule has 0 bridgehead atoms. The van der Waals surface area contributed by atoms with Crippen LogP contribution in [0, 0.1) is 34.0 Å². The van der Waals surface area contributed by atoms with Gasteiger partial charge in [-0.2, -0.15) is 0 Å². The van der Waals surface area contributed by atoms with Gasteiger partial charge in [0.1, 0.15) is 6.10 Å². The van der Waals surface area contributed by atoms with Gasteiger partial charge in [-0.15, -0.1) is 0 Å². The summed E-state index contributed by atoms with van der Waals surface area (Å²) in [6, 6.07) is 0.220. The van der Waals surface area contributed by atoms with Gasteiger partial charge in [0.2, 0.25) is 5.91 Å². The second-order valence-corrected chi connectivity index (χ2v) is 13.9. The average Bonchev–Trinajstić information content (AvgIpc) is 2.98. The molecule has 4 aliphatic rings. The van der Waals surface area contributed by atoms with Gasteiger partial charge < -0.3 is 20.1 Å². The maximum absolute atomic E-state index is 12.8. The van der Waals surface area contributed by atoms with Crippen LogP contribution in [0.25, 0.3) is 0 Å². The van der Waals surface area contributed by atoms with E-state index in [2.05, 4.69) is 64.2 Å². The lowest BCUT2D eigenvalue weighted by Crippen LogP contribution is -2.55. The molecule has 2 N–H and O–H groups in total. The first kappa shape index (κ1) is 30.0. The van der Waals surface area contributed by atoms with E-state index < -0.39 is 5.41 Å². The van der Waals surface area contributed by atoms with E-state index in [4.69, 9.17) is 4.74 Å². The number of carbonyl (C=O) groups is 2. The van der Waals surface area contributed by atoms with Crippen LogP contribution in [0.4, 0.5) is 0 Å². The summed E-state index contributed by atoms with van der Waals surface area (Å²) in [5, 5.41) is 14.0. The van der Waals surface area contributed by atoms with Crippen LogP contribution >= 0.6 is 0 Å². The quantitative estimate of drug-likeness (QED) is 0.347. The summed E-state index contributed by atoms with van der Waals surface area (Å²) in [7, 11) is 4.25. The van der Waals surface area contributed by atoms with Crippen LogP contribution in [0.1, 0.15) is 87.0 Å². The standard InChI is InChI=1S/C33H52N2O4/c1-10-20(2)30(38)34-28-14-11-23-17-24-15-16-32(6)29(21(3)35(8)9)27(39-22(4)37)18-33(32,7)26(24)13-12-25(23)31(28,5)19-36/h10,15,17,21,25-29,36H,11-14,16,18-19H2,1-9H3,(H,34,38). The molecule has 0 radical (unpaired) electrons. The first-order chi connectivity index (χ1) is 18.2. The maximum Gasteiger partial charge on any atom is 0.302 e. The molecule has 2 saturated carbocycles. The molecule has 0 spiro atoms. The van der Waals surface area contributed by atoms with Gasteiger partial charge in [0.05, 0.1) is 6.61 Å². The molecule has 9 unspecified atom stereocenters. The second-order valence-electron chi connectivity index (χ2n) is 13.9. The molecule has 4 rings (SSSR count).